The third-order valence-electron chi connectivity index (χ3n) is 2.61. The molecule has 0 saturated carbocycles. The average molecular weight is 279 g/mol. The van der Waals surface area contributed by atoms with E-state index in [1.54, 1.807) is 24.3 Å². The summed E-state index contributed by atoms with van der Waals surface area (Å²) in [5, 5.41) is 12.2. The summed E-state index contributed by atoms with van der Waals surface area (Å²) in [7, 11) is 0. The molecule has 1 aromatic carbocycles. The van der Waals surface area contributed by atoms with Crippen molar-refractivity contribution in [3.05, 3.63) is 36.4 Å². The zero-order valence-electron chi connectivity index (χ0n) is 11.9. The van der Waals surface area contributed by atoms with E-state index in [1.807, 2.05) is 13.8 Å². The first kappa shape index (κ1) is 16.0. The van der Waals surface area contributed by atoms with Gasteiger partial charge in [-0.15, -0.1) is 6.58 Å². The van der Waals surface area contributed by atoms with Crippen molar-refractivity contribution in [3.8, 4) is 11.5 Å². The molecule has 0 aliphatic carbocycles. The number of rotatable bonds is 9. The van der Waals surface area contributed by atoms with Crippen molar-refractivity contribution in [2.45, 2.75) is 19.9 Å². The van der Waals surface area contributed by atoms with E-state index in [2.05, 4.69) is 11.9 Å². The molecule has 0 saturated heterocycles. The summed E-state index contributed by atoms with van der Waals surface area (Å²) in [6, 6.07) is 4.35. The van der Waals surface area contributed by atoms with E-state index in [4.69, 9.17) is 9.47 Å². The lowest BCUT2D eigenvalue weighted by Gasteiger charge is -2.17. The molecule has 5 heteroatoms. The Bertz CT molecular complexity index is 459. The Morgan fingerprint density at radius 3 is 2.55 bits per heavy atom. The molecule has 1 atom stereocenters. The molecule has 110 valence electrons. The molecular weight excluding hydrogens is 258 g/mol. The Kier molecular flexibility index (Phi) is 6.59. The van der Waals surface area contributed by atoms with Crippen LogP contribution in [0.4, 0.5) is 0 Å². The van der Waals surface area contributed by atoms with E-state index in [-0.39, 0.29) is 0 Å². The summed E-state index contributed by atoms with van der Waals surface area (Å²) in [5.41, 5.74) is 0.617. The third kappa shape index (κ3) is 4.28. The highest BCUT2D eigenvalue weighted by Crippen LogP contribution is 2.30. The Hall–Kier alpha value is -2.01. The molecule has 20 heavy (non-hydrogen) atoms. The maximum absolute atomic E-state index is 11.3. The second-order valence-electron chi connectivity index (χ2n) is 4.04. The minimum atomic E-state index is -0.946. The van der Waals surface area contributed by atoms with Gasteiger partial charge >= 0.3 is 5.97 Å². The average Bonchev–Trinajstić information content (AvgIpc) is 2.42. The Labute approximate surface area is 119 Å². The van der Waals surface area contributed by atoms with Gasteiger partial charge in [0.05, 0.1) is 13.2 Å². The second kappa shape index (κ2) is 8.22. The minimum Gasteiger partial charge on any atom is -0.490 e. The van der Waals surface area contributed by atoms with E-state index in [1.165, 1.54) is 0 Å². The molecule has 0 fully saturated rings. The fraction of sp³-hybridized carbons (Fsp3) is 0.400. The topological polar surface area (TPSA) is 67.8 Å². The van der Waals surface area contributed by atoms with Crippen molar-refractivity contribution < 1.29 is 19.4 Å². The van der Waals surface area contributed by atoms with E-state index in [9.17, 15) is 9.90 Å². The fourth-order valence-corrected chi connectivity index (χ4v) is 1.80. The number of ether oxygens (including phenoxy) is 2. The molecule has 1 aromatic rings. The molecule has 0 amide bonds. The summed E-state index contributed by atoms with van der Waals surface area (Å²) in [6.45, 7) is 8.75. The van der Waals surface area contributed by atoms with Gasteiger partial charge in [-0.25, -0.2) is 0 Å². The monoisotopic (exact) mass is 279 g/mol. The van der Waals surface area contributed by atoms with Crippen molar-refractivity contribution in [1.29, 1.82) is 0 Å². The Morgan fingerprint density at radius 1 is 1.35 bits per heavy atom. The van der Waals surface area contributed by atoms with E-state index in [0.29, 0.717) is 36.8 Å². The zero-order valence-corrected chi connectivity index (χ0v) is 11.9. The van der Waals surface area contributed by atoms with Crippen LogP contribution < -0.4 is 14.8 Å². The predicted molar refractivity (Wildman–Crippen MR) is 77.4 cm³/mol. The van der Waals surface area contributed by atoms with Gasteiger partial charge in [-0.3, -0.25) is 10.1 Å². The molecule has 0 heterocycles. The van der Waals surface area contributed by atoms with Crippen molar-refractivity contribution >= 4 is 5.97 Å². The van der Waals surface area contributed by atoms with Gasteiger partial charge in [0.2, 0.25) is 0 Å². The van der Waals surface area contributed by atoms with Gasteiger partial charge in [0.1, 0.15) is 6.04 Å². The van der Waals surface area contributed by atoms with Gasteiger partial charge < -0.3 is 14.6 Å². The van der Waals surface area contributed by atoms with Crippen molar-refractivity contribution in [1.82, 2.24) is 5.32 Å². The van der Waals surface area contributed by atoms with Crippen LogP contribution in [0.1, 0.15) is 25.5 Å². The largest absolute Gasteiger partial charge is 0.490 e. The van der Waals surface area contributed by atoms with Crippen LogP contribution in [0.25, 0.3) is 0 Å². The maximum Gasteiger partial charge on any atom is 0.325 e. The highest BCUT2D eigenvalue weighted by atomic mass is 16.5. The molecule has 0 aliphatic heterocycles. The van der Waals surface area contributed by atoms with Gasteiger partial charge in [-0.05, 0) is 31.5 Å². The lowest BCUT2D eigenvalue weighted by atomic mass is 10.1. The summed E-state index contributed by atoms with van der Waals surface area (Å²) < 4.78 is 11.0. The number of benzene rings is 1. The van der Waals surface area contributed by atoms with Crippen molar-refractivity contribution in [2.75, 3.05) is 19.8 Å². The molecule has 0 spiro atoms. The molecule has 0 aliphatic rings. The first-order valence-electron chi connectivity index (χ1n) is 6.60. The highest BCUT2D eigenvalue weighted by molar-refractivity contribution is 5.76. The van der Waals surface area contributed by atoms with Gasteiger partial charge in [-0.1, -0.05) is 12.1 Å². The van der Waals surface area contributed by atoms with Crippen LogP contribution >= 0.6 is 0 Å². The predicted octanol–water partition coefficient (Wildman–Crippen LogP) is 2.39. The number of hydrogen-bond donors (Lipinski definition) is 2. The second-order valence-corrected chi connectivity index (χ2v) is 4.04. The van der Waals surface area contributed by atoms with Gasteiger partial charge in [0.15, 0.2) is 11.5 Å². The highest BCUT2D eigenvalue weighted by Gasteiger charge is 2.20. The quantitative estimate of drug-likeness (QED) is 0.679. The SMILES string of the molecule is C=CCNC(C(=O)O)c1ccc(OCC)c(OCC)c1. The van der Waals surface area contributed by atoms with Crippen LogP contribution in [-0.2, 0) is 4.79 Å². The van der Waals surface area contributed by atoms with Crippen LogP contribution in [0.5, 0.6) is 11.5 Å². The first-order chi connectivity index (χ1) is 9.63. The van der Waals surface area contributed by atoms with Gasteiger partial charge in [-0.2, -0.15) is 0 Å². The summed E-state index contributed by atoms with van der Waals surface area (Å²) in [5.74, 6) is 0.225. The fourth-order valence-electron chi connectivity index (χ4n) is 1.80. The number of carbonyl (C=O) groups is 1. The number of hydrogen-bond acceptors (Lipinski definition) is 4. The van der Waals surface area contributed by atoms with Crippen LogP contribution in [-0.4, -0.2) is 30.8 Å². The van der Waals surface area contributed by atoms with Crippen molar-refractivity contribution in [3.63, 3.8) is 0 Å². The zero-order chi connectivity index (χ0) is 15.0. The normalized spacial score (nSPS) is 11.7. The molecule has 0 aromatic heterocycles. The molecule has 1 rings (SSSR count). The molecule has 5 nitrogen and oxygen atoms in total. The molecule has 2 N–H and O–H groups in total. The van der Waals surface area contributed by atoms with Crippen LogP contribution in [0.15, 0.2) is 30.9 Å². The Balaban J connectivity index is 3.06. The molecule has 1 unspecified atom stereocenters. The van der Waals surface area contributed by atoms with Crippen LogP contribution in [0.3, 0.4) is 0 Å². The molecule has 0 radical (unpaired) electrons. The van der Waals surface area contributed by atoms with E-state index >= 15 is 0 Å². The van der Waals surface area contributed by atoms with Crippen LogP contribution in [0.2, 0.25) is 0 Å². The smallest absolute Gasteiger partial charge is 0.325 e. The molecule has 0 bridgehead atoms. The van der Waals surface area contributed by atoms with E-state index < -0.39 is 12.0 Å². The number of aliphatic carboxylic acids is 1. The van der Waals surface area contributed by atoms with Gasteiger partial charge in [0.25, 0.3) is 0 Å². The lowest BCUT2D eigenvalue weighted by molar-refractivity contribution is -0.139. The van der Waals surface area contributed by atoms with E-state index in [0.717, 1.165) is 0 Å². The summed E-state index contributed by atoms with van der Waals surface area (Å²) in [4.78, 5) is 11.3. The number of carboxylic acid groups (broad SMARTS) is 1. The minimum absolute atomic E-state index is 0.411. The van der Waals surface area contributed by atoms with Crippen LogP contribution in [0, 0.1) is 0 Å². The molecular formula is C15H21NO4. The van der Waals surface area contributed by atoms with Gasteiger partial charge in [0, 0.05) is 6.54 Å². The van der Waals surface area contributed by atoms with Crippen molar-refractivity contribution in [2.24, 2.45) is 0 Å². The third-order valence-corrected chi connectivity index (χ3v) is 2.61. The Morgan fingerprint density at radius 2 is 2.00 bits per heavy atom. The lowest BCUT2D eigenvalue weighted by Crippen LogP contribution is -2.28. The number of nitrogens with one attached hydrogen (secondary N) is 1. The summed E-state index contributed by atoms with van der Waals surface area (Å²) in [6.07, 6.45) is 1.62. The maximum atomic E-state index is 11.3. The number of carboxylic acids is 1. The summed E-state index contributed by atoms with van der Waals surface area (Å²) >= 11 is 0. The standard InChI is InChI=1S/C15H21NO4/c1-4-9-16-14(15(17)18)11-7-8-12(19-5-2)13(10-11)20-6-3/h4,7-8,10,14,16H,1,5-6,9H2,2-3H3,(H,17,18). The first-order valence-corrected chi connectivity index (χ1v) is 6.60.